The van der Waals surface area contributed by atoms with E-state index < -0.39 is 9.84 Å². The van der Waals surface area contributed by atoms with Gasteiger partial charge in [0.1, 0.15) is 4.16 Å². The van der Waals surface area contributed by atoms with Crippen LogP contribution in [0.15, 0.2) is 0 Å². The summed E-state index contributed by atoms with van der Waals surface area (Å²) in [5.74, 6) is 0. The summed E-state index contributed by atoms with van der Waals surface area (Å²) in [5, 5.41) is 0. The molecule has 0 saturated heterocycles. The summed E-state index contributed by atoms with van der Waals surface area (Å²) in [6.07, 6.45) is 1.84. The van der Waals surface area contributed by atoms with Crippen molar-refractivity contribution in [3.05, 3.63) is 0 Å². The lowest BCUT2D eigenvalue weighted by Gasteiger charge is -2.00. The topological polar surface area (TPSA) is 34.1 Å². The Balaban J connectivity index is 4.04. The molecular formula is C4H9BrO2S. The Morgan fingerprint density at radius 1 is 1.62 bits per heavy atom. The lowest BCUT2D eigenvalue weighted by molar-refractivity contribution is 0.598. The van der Waals surface area contributed by atoms with Crippen molar-refractivity contribution in [2.24, 2.45) is 0 Å². The van der Waals surface area contributed by atoms with Gasteiger partial charge in [-0.2, -0.15) is 0 Å². The second-order valence-electron chi connectivity index (χ2n) is 1.65. The van der Waals surface area contributed by atoms with Crippen LogP contribution >= 0.6 is 15.9 Å². The van der Waals surface area contributed by atoms with Gasteiger partial charge < -0.3 is 0 Å². The zero-order valence-corrected chi connectivity index (χ0v) is 7.29. The minimum absolute atomic E-state index is 0.366. The summed E-state index contributed by atoms with van der Waals surface area (Å²) >= 11 is 3.01. The standard InChI is InChI=1S/C4H9BrO2S/c1-3-4(5)8(2,6)7/h4H,3H2,1-2H3. The summed E-state index contributed by atoms with van der Waals surface area (Å²) in [5.41, 5.74) is 0. The van der Waals surface area contributed by atoms with Crippen molar-refractivity contribution in [1.82, 2.24) is 0 Å². The molecule has 0 bridgehead atoms. The molecule has 0 heterocycles. The van der Waals surface area contributed by atoms with Crippen LogP contribution in [0.5, 0.6) is 0 Å². The Bertz CT molecular complexity index is 149. The van der Waals surface area contributed by atoms with Crippen LogP contribution in [0.3, 0.4) is 0 Å². The fourth-order valence-corrected chi connectivity index (χ4v) is 0.908. The van der Waals surface area contributed by atoms with E-state index in [4.69, 9.17) is 0 Å². The molecule has 0 saturated carbocycles. The van der Waals surface area contributed by atoms with Crippen molar-refractivity contribution < 1.29 is 8.42 Å². The number of hydrogen-bond donors (Lipinski definition) is 0. The van der Waals surface area contributed by atoms with E-state index in [-0.39, 0.29) is 4.16 Å². The quantitative estimate of drug-likeness (QED) is 0.628. The highest BCUT2D eigenvalue weighted by Gasteiger charge is 2.12. The summed E-state index contributed by atoms with van der Waals surface area (Å²) in [6.45, 7) is 1.82. The molecule has 0 N–H and O–H groups in total. The van der Waals surface area contributed by atoms with Gasteiger partial charge in [0, 0.05) is 6.26 Å². The lowest BCUT2D eigenvalue weighted by Crippen LogP contribution is -2.10. The average Bonchev–Trinajstić information content (AvgIpc) is 1.62. The third kappa shape index (κ3) is 2.67. The van der Waals surface area contributed by atoms with Crippen LogP contribution in [0.25, 0.3) is 0 Å². The molecule has 0 fully saturated rings. The van der Waals surface area contributed by atoms with Crippen molar-refractivity contribution in [3.63, 3.8) is 0 Å². The van der Waals surface area contributed by atoms with Gasteiger partial charge in [0.15, 0.2) is 9.84 Å². The first kappa shape index (κ1) is 8.43. The third-order valence-corrected chi connectivity index (χ3v) is 4.73. The van der Waals surface area contributed by atoms with Gasteiger partial charge in [-0.15, -0.1) is 0 Å². The molecule has 8 heavy (non-hydrogen) atoms. The minimum Gasteiger partial charge on any atom is -0.228 e. The first-order chi connectivity index (χ1) is 3.48. The molecule has 0 aliphatic rings. The summed E-state index contributed by atoms with van der Waals surface area (Å²) in [6, 6.07) is 0. The first-order valence-electron chi connectivity index (χ1n) is 2.31. The van der Waals surface area contributed by atoms with Crippen molar-refractivity contribution in [3.8, 4) is 0 Å². The van der Waals surface area contributed by atoms with Crippen LogP contribution in [0.1, 0.15) is 13.3 Å². The number of alkyl halides is 1. The van der Waals surface area contributed by atoms with Crippen LogP contribution in [0, 0.1) is 0 Å². The Kier molecular flexibility index (Phi) is 2.98. The predicted octanol–water partition coefficient (Wildman–Crippen LogP) is 1.16. The Morgan fingerprint density at radius 3 is 2.00 bits per heavy atom. The fraction of sp³-hybridized carbons (Fsp3) is 1.00. The van der Waals surface area contributed by atoms with E-state index in [2.05, 4.69) is 15.9 Å². The highest BCUT2D eigenvalue weighted by molar-refractivity contribution is 9.11. The van der Waals surface area contributed by atoms with E-state index in [1.54, 1.807) is 0 Å². The zero-order valence-electron chi connectivity index (χ0n) is 4.89. The fourth-order valence-electron chi connectivity index (χ4n) is 0.303. The Morgan fingerprint density at radius 2 is 2.00 bits per heavy atom. The van der Waals surface area contributed by atoms with Crippen LogP contribution in [0.4, 0.5) is 0 Å². The highest BCUT2D eigenvalue weighted by Crippen LogP contribution is 2.10. The molecule has 0 aliphatic carbocycles. The minimum atomic E-state index is -2.84. The van der Waals surface area contributed by atoms with E-state index in [0.717, 1.165) is 0 Å². The second-order valence-corrected chi connectivity index (χ2v) is 5.59. The van der Waals surface area contributed by atoms with Crippen molar-refractivity contribution in [1.29, 1.82) is 0 Å². The van der Waals surface area contributed by atoms with Crippen LogP contribution < -0.4 is 0 Å². The maximum absolute atomic E-state index is 10.5. The molecule has 0 spiro atoms. The number of halogens is 1. The van der Waals surface area contributed by atoms with Crippen molar-refractivity contribution in [2.45, 2.75) is 17.5 Å². The van der Waals surface area contributed by atoms with E-state index in [9.17, 15) is 8.42 Å². The van der Waals surface area contributed by atoms with E-state index in [1.165, 1.54) is 6.26 Å². The van der Waals surface area contributed by atoms with E-state index in [1.807, 2.05) is 6.92 Å². The number of sulfone groups is 1. The van der Waals surface area contributed by atoms with Gasteiger partial charge in [-0.3, -0.25) is 0 Å². The van der Waals surface area contributed by atoms with Crippen molar-refractivity contribution >= 4 is 25.8 Å². The lowest BCUT2D eigenvalue weighted by atomic mass is 10.6. The van der Waals surface area contributed by atoms with E-state index in [0.29, 0.717) is 6.42 Å². The molecule has 0 aromatic heterocycles. The molecule has 4 heteroatoms. The van der Waals surface area contributed by atoms with Crippen LogP contribution in [0.2, 0.25) is 0 Å². The molecule has 1 unspecified atom stereocenters. The Hall–Kier alpha value is 0.430. The molecule has 50 valence electrons. The molecular weight excluding hydrogens is 192 g/mol. The molecule has 2 nitrogen and oxygen atoms in total. The largest absolute Gasteiger partial charge is 0.228 e. The molecule has 0 aromatic carbocycles. The SMILES string of the molecule is CCC(Br)S(C)(=O)=O. The first-order valence-corrected chi connectivity index (χ1v) is 5.18. The monoisotopic (exact) mass is 200 g/mol. The Labute approximate surface area is 58.3 Å². The number of rotatable bonds is 2. The van der Waals surface area contributed by atoms with Gasteiger partial charge in [-0.25, -0.2) is 8.42 Å². The van der Waals surface area contributed by atoms with Gasteiger partial charge in [0.05, 0.1) is 0 Å². The van der Waals surface area contributed by atoms with Gasteiger partial charge >= 0.3 is 0 Å². The summed E-state index contributed by atoms with van der Waals surface area (Å²) in [7, 11) is -2.84. The highest BCUT2D eigenvalue weighted by atomic mass is 79.9. The van der Waals surface area contributed by atoms with Crippen LogP contribution in [-0.4, -0.2) is 18.8 Å². The summed E-state index contributed by atoms with van der Waals surface area (Å²) in [4.78, 5) is 0. The molecule has 0 amide bonds. The predicted molar refractivity (Wildman–Crippen MR) is 37.8 cm³/mol. The number of hydrogen-bond acceptors (Lipinski definition) is 2. The second kappa shape index (κ2) is 2.82. The van der Waals surface area contributed by atoms with Gasteiger partial charge in [0.25, 0.3) is 0 Å². The maximum Gasteiger partial charge on any atom is 0.160 e. The molecule has 0 aliphatic heterocycles. The molecule has 0 rings (SSSR count). The molecule has 0 radical (unpaired) electrons. The smallest absolute Gasteiger partial charge is 0.160 e. The molecule has 0 aromatic rings. The van der Waals surface area contributed by atoms with Crippen LogP contribution in [-0.2, 0) is 9.84 Å². The van der Waals surface area contributed by atoms with Gasteiger partial charge in [0.2, 0.25) is 0 Å². The maximum atomic E-state index is 10.5. The summed E-state index contributed by atoms with van der Waals surface area (Å²) < 4.78 is 20.7. The normalized spacial score (nSPS) is 15.9. The average molecular weight is 201 g/mol. The van der Waals surface area contributed by atoms with Gasteiger partial charge in [-0.1, -0.05) is 22.9 Å². The van der Waals surface area contributed by atoms with E-state index >= 15 is 0 Å². The third-order valence-electron chi connectivity index (χ3n) is 0.786. The van der Waals surface area contributed by atoms with Gasteiger partial charge in [-0.05, 0) is 6.42 Å². The molecule has 1 atom stereocenters. The van der Waals surface area contributed by atoms with Crippen molar-refractivity contribution in [2.75, 3.05) is 6.26 Å². The zero-order chi connectivity index (χ0) is 6.78.